The van der Waals surface area contributed by atoms with E-state index < -0.39 is 0 Å². The van der Waals surface area contributed by atoms with Gasteiger partial charge >= 0.3 is 0 Å². The van der Waals surface area contributed by atoms with Gasteiger partial charge < -0.3 is 10.3 Å². The molecule has 2 N–H and O–H groups in total. The molecule has 2 aromatic carbocycles. The Kier molecular flexibility index (Phi) is 5.38. The van der Waals surface area contributed by atoms with Crippen LogP contribution in [-0.2, 0) is 6.54 Å². The van der Waals surface area contributed by atoms with Gasteiger partial charge in [-0.1, -0.05) is 28.1 Å². The van der Waals surface area contributed by atoms with Gasteiger partial charge in [-0.25, -0.2) is 0 Å². The molecule has 134 valence electrons. The summed E-state index contributed by atoms with van der Waals surface area (Å²) >= 11 is 8.66. The Labute approximate surface area is 164 Å². The maximum atomic E-state index is 12.6. The van der Waals surface area contributed by atoms with Crippen LogP contribution in [0, 0.1) is 4.77 Å². The summed E-state index contributed by atoms with van der Waals surface area (Å²) in [6, 6.07) is 12.6. The maximum Gasteiger partial charge on any atom is 0.262 e. The Balaban J connectivity index is 1.91. The molecule has 1 aromatic heterocycles. The average Bonchev–Trinajstić information content (AvgIpc) is 2.61. The van der Waals surface area contributed by atoms with E-state index in [1.807, 2.05) is 38.1 Å². The Morgan fingerprint density at radius 2 is 2.08 bits per heavy atom. The van der Waals surface area contributed by atoms with Crippen LogP contribution in [0.2, 0.25) is 0 Å². The van der Waals surface area contributed by atoms with Crippen LogP contribution in [0.5, 0.6) is 0 Å². The van der Waals surface area contributed by atoms with Crippen molar-refractivity contribution in [2.24, 2.45) is 0 Å². The number of halogens is 1. The standard InChI is InChI=1S/C19H18BrN3O2S/c1-3-23-18(25)15-8-7-13(10-16(15)22-19(23)26)17(24)21-11(2)12-5-4-6-14(20)9-12/h4-11H,3H2,1-2H3,(H,21,24)(H,22,26)/t11-/m0/s1. The van der Waals surface area contributed by atoms with Crippen LogP contribution in [0.25, 0.3) is 10.9 Å². The molecule has 1 atom stereocenters. The van der Waals surface area contributed by atoms with E-state index in [0.29, 0.717) is 27.8 Å². The normalized spacial score (nSPS) is 12.1. The monoisotopic (exact) mass is 431 g/mol. The van der Waals surface area contributed by atoms with Gasteiger partial charge in [-0.2, -0.15) is 0 Å². The van der Waals surface area contributed by atoms with Crippen molar-refractivity contribution in [3.8, 4) is 0 Å². The van der Waals surface area contributed by atoms with Crippen LogP contribution in [0.3, 0.4) is 0 Å². The number of rotatable bonds is 4. The van der Waals surface area contributed by atoms with Gasteiger partial charge in [0.15, 0.2) is 4.77 Å². The minimum atomic E-state index is -0.210. The molecule has 3 rings (SSSR count). The van der Waals surface area contributed by atoms with Gasteiger partial charge in [0.05, 0.1) is 16.9 Å². The number of nitrogens with one attached hydrogen (secondary N) is 2. The first-order chi connectivity index (χ1) is 12.4. The molecule has 0 bridgehead atoms. The molecular weight excluding hydrogens is 414 g/mol. The molecule has 26 heavy (non-hydrogen) atoms. The Morgan fingerprint density at radius 3 is 2.77 bits per heavy atom. The lowest BCUT2D eigenvalue weighted by molar-refractivity contribution is 0.0940. The van der Waals surface area contributed by atoms with Crippen LogP contribution in [0.4, 0.5) is 0 Å². The third-order valence-corrected chi connectivity index (χ3v) is 5.07. The summed E-state index contributed by atoms with van der Waals surface area (Å²) in [6.45, 7) is 4.28. The predicted octanol–water partition coefficient (Wildman–Crippen LogP) is 4.33. The van der Waals surface area contributed by atoms with E-state index in [1.165, 1.54) is 4.57 Å². The van der Waals surface area contributed by atoms with Crippen molar-refractivity contribution in [1.29, 1.82) is 0 Å². The van der Waals surface area contributed by atoms with Crippen molar-refractivity contribution < 1.29 is 4.79 Å². The van der Waals surface area contributed by atoms with Crippen molar-refractivity contribution in [2.45, 2.75) is 26.4 Å². The number of aromatic amines is 1. The molecule has 0 saturated heterocycles. The molecule has 1 heterocycles. The van der Waals surface area contributed by atoms with Crippen molar-refractivity contribution in [3.63, 3.8) is 0 Å². The van der Waals surface area contributed by atoms with E-state index in [4.69, 9.17) is 12.2 Å². The van der Waals surface area contributed by atoms with Gasteiger partial charge in [-0.15, -0.1) is 0 Å². The molecule has 0 unspecified atom stereocenters. The number of nitrogens with zero attached hydrogens (tertiary/aromatic N) is 1. The number of carbonyl (C=O) groups is 1. The lowest BCUT2D eigenvalue weighted by Gasteiger charge is -2.15. The van der Waals surface area contributed by atoms with Crippen LogP contribution in [0.15, 0.2) is 51.7 Å². The minimum absolute atomic E-state index is 0.151. The second-order valence-electron chi connectivity index (χ2n) is 5.99. The molecule has 7 heteroatoms. The molecular formula is C19H18BrN3O2S. The number of hydrogen-bond donors (Lipinski definition) is 2. The van der Waals surface area contributed by atoms with E-state index in [2.05, 4.69) is 26.2 Å². The second-order valence-corrected chi connectivity index (χ2v) is 7.29. The number of H-pyrrole nitrogens is 1. The third-order valence-electron chi connectivity index (χ3n) is 4.26. The summed E-state index contributed by atoms with van der Waals surface area (Å²) in [6.07, 6.45) is 0. The van der Waals surface area contributed by atoms with Gasteiger partial charge in [0.1, 0.15) is 0 Å². The molecule has 0 radical (unpaired) electrons. The highest BCUT2D eigenvalue weighted by Crippen LogP contribution is 2.19. The number of benzene rings is 2. The zero-order valence-electron chi connectivity index (χ0n) is 14.4. The molecule has 0 aliphatic heterocycles. The molecule has 0 aliphatic carbocycles. The summed E-state index contributed by atoms with van der Waals surface area (Å²) < 4.78 is 2.80. The van der Waals surface area contributed by atoms with Crippen LogP contribution in [0.1, 0.15) is 35.8 Å². The fourth-order valence-electron chi connectivity index (χ4n) is 2.82. The van der Waals surface area contributed by atoms with Gasteiger partial charge in [-0.3, -0.25) is 14.2 Å². The van der Waals surface area contributed by atoms with Gasteiger partial charge in [-0.05, 0) is 62.0 Å². The van der Waals surface area contributed by atoms with Crippen molar-refractivity contribution in [2.75, 3.05) is 0 Å². The quantitative estimate of drug-likeness (QED) is 0.603. The molecule has 3 aromatic rings. The van der Waals surface area contributed by atoms with Crippen molar-refractivity contribution in [1.82, 2.24) is 14.9 Å². The van der Waals surface area contributed by atoms with E-state index in [1.54, 1.807) is 18.2 Å². The second kappa shape index (κ2) is 7.55. The molecule has 0 spiro atoms. The van der Waals surface area contributed by atoms with Crippen LogP contribution in [-0.4, -0.2) is 15.5 Å². The largest absolute Gasteiger partial charge is 0.346 e. The van der Waals surface area contributed by atoms with Crippen LogP contribution < -0.4 is 10.9 Å². The number of fused-ring (bicyclic) bond motifs is 1. The topological polar surface area (TPSA) is 66.9 Å². The summed E-state index contributed by atoms with van der Waals surface area (Å²) in [5.74, 6) is -0.210. The summed E-state index contributed by atoms with van der Waals surface area (Å²) in [5.41, 5.74) is 1.88. The fraction of sp³-hybridized carbons (Fsp3) is 0.211. The Bertz CT molecular complexity index is 1100. The first-order valence-electron chi connectivity index (χ1n) is 8.24. The minimum Gasteiger partial charge on any atom is -0.346 e. The smallest absolute Gasteiger partial charge is 0.262 e. The fourth-order valence-corrected chi connectivity index (χ4v) is 3.56. The van der Waals surface area contributed by atoms with Gasteiger partial charge in [0.25, 0.3) is 11.5 Å². The Hall–Kier alpha value is -2.25. The van der Waals surface area contributed by atoms with E-state index in [0.717, 1.165) is 10.0 Å². The highest BCUT2D eigenvalue weighted by molar-refractivity contribution is 9.10. The lowest BCUT2D eigenvalue weighted by Crippen LogP contribution is -2.27. The number of aromatic nitrogens is 2. The van der Waals surface area contributed by atoms with Gasteiger partial charge in [0, 0.05) is 16.6 Å². The first kappa shape index (κ1) is 18.5. The maximum absolute atomic E-state index is 12.6. The molecule has 1 amide bonds. The highest BCUT2D eigenvalue weighted by atomic mass is 79.9. The first-order valence-corrected chi connectivity index (χ1v) is 9.44. The number of carbonyl (C=O) groups excluding carboxylic acids is 1. The summed E-state index contributed by atoms with van der Waals surface area (Å²) in [5, 5.41) is 3.48. The lowest BCUT2D eigenvalue weighted by atomic mass is 10.1. The van der Waals surface area contributed by atoms with Crippen molar-refractivity contribution >= 4 is 45.0 Å². The van der Waals surface area contributed by atoms with Crippen molar-refractivity contribution in [3.05, 3.63) is 73.2 Å². The molecule has 5 nitrogen and oxygen atoms in total. The zero-order valence-corrected chi connectivity index (χ0v) is 16.8. The Morgan fingerprint density at radius 1 is 1.31 bits per heavy atom. The van der Waals surface area contributed by atoms with E-state index >= 15 is 0 Å². The van der Waals surface area contributed by atoms with E-state index in [-0.39, 0.29) is 17.5 Å². The number of hydrogen-bond acceptors (Lipinski definition) is 3. The number of amides is 1. The third kappa shape index (κ3) is 3.64. The zero-order chi connectivity index (χ0) is 18.8. The highest BCUT2D eigenvalue weighted by Gasteiger charge is 2.13. The summed E-state index contributed by atoms with van der Waals surface area (Å²) in [4.78, 5) is 28.1. The predicted molar refractivity (Wildman–Crippen MR) is 109 cm³/mol. The van der Waals surface area contributed by atoms with E-state index in [9.17, 15) is 9.59 Å². The van der Waals surface area contributed by atoms with Crippen LogP contribution >= 0.6 is 28.1 Å². The molecule has 0 fully saturated rings. The summed E-state index contributed by atoms with van der Waals surface area (Å²) in [7, 11) is 0. The SMILES string of the molecule is CCn1c(=S)[nH]c2cc(C(=O)N[C@@H](C)c3cccc(Br)c3)ccc2c1=O. The average molecular weight is 432 g/mol. The molecule has 0 saturated carbocycles. The molecule has 0 aliphatic rings. The van der Waals surface area contributed by atoms with Gasteiger partial charge in [0.2, 0.25) is 0 Å².